The average Bonchev–Trinajstić information content (AvgIpc) is 2.41. The molecule has 0 aliphatic rings. The van der Waals surface area contributed by atoms with Crippen LogP contribution in [0.5, 0.6) is 0 Å². The molecule has 104 valence electrons. The maximum atomic E-state index is 10.8. The minimum Gasteiger partial charge on any atom is -0.258 e. The Morgan fingerprint density at radius 1 is 1.15 bits per heavy atom. The highest BCUT2D eigenvalue weighted by Crippen LogP contribution is 2.30. The molecule has 0 aliphatic carbocycles. The van der Waals surface area contributed by atoms with Crippen molar-refractivity contribution in [3.8, 4) is 0 Å². The lowest BCUT2D eigenvalue weighted by atomic mass is 10.1. The molecular weight excluding hydrogens is 294 g/mol. The van der Waals surface area contributed by atoms with Crippen LogP contribution in [0.25, 0.3) is 0 Å². The zero-order chi connectivity index (χ0) is 14.7. The maximum absolute atomic E-state index is 10.8. The molecule has 2 rings (SSSR count). The lowest BCUT2D eigenvalue weighted by molar-refractivity contribution is -0.384. The zero-order valence-electron chi connectivity index (χ0n) is 11.2. The summed E-state index contributed by atoms with van der Waals surface area (Å²) in [6.07, 6.45) is 0. The molecule has 0 saturated heterocycles. The van der Waals surface area contributed by atoms with Crippen LogP contribution in [-0.4, -0.2) is 4.92 Å². The van der Waals surface area contributed by atoms with Gasteiger partial charge in [0.05, 0.1) is 4.92 Å². The van der Waals surface area contributed by atoms with Crippen LogP contribution >= 0.6 is 23.4 Å². The van der Waals surface area contributed by atoms with E-state index >= 15 is 0 Å². The van der Waals surface area contributed by atoms with Gasteiger partial charge in [-0.25, -0.2) is 0 Å². The summed E-state index contributed by atoms with van der Waals surface area (Å²) >= 11 is 7.71. The molecule has 0 amide bonds. The summed E-state index contributed by atoms with van der Waals surface area (Å²) in [5.41, 5.74) is 3.34. The lowest BCUT2D eigenvalue weighted by Crippen LogP contribution is -1.91. The molecular formula is C15H14ClNO2S. The van der Waals surface area contributed by atoms with Gasteiger partial charge in [-0.15, -0.1) is 11.8 Å². The molecule has 5 heteroatoms. The summed E-state index contributed by atoms with van der Waals surface area (Å²) in [6, 6.07) is 10.8. The summed E-state index contributed by atoms with van der Waals surface area (Å²) in [6.45, 7) is 4.14. The van der Waals surface area contributed by atoms with Gasteiger partial charge in [-0.3, -0.25) is 10.1 Å². The van der Waals surface area contributed by atoms with Crippen LogP contribution in [0, 0.1) is 24.0 Å². The van der Waals surface area contributed by atoms with Gasteiger partial charge >= 0.3 is 0 Å². The van der Waals surface area contributed by atoms with Crippen LogP contribution in [0.4, 0.5) is 5.69 Å². The normalized spacial score (nSPS) is 10.6. The fourth-order valence-corrected chi connectivity index (χ4v) is 3.00. The number of nitro benzene ring substituents is 1. The fourth-order valence-electron chi connectivity index (χ4n) is 1.75. The van der Waals surface area contributed by atoms with Crippen LogP contribution in [0.3, 0.4) is 0 Å². The SMILES string of the molecule is Cc1ccc(SCc2cc([N+](=O)[O-])ccc2Cl)cc1C. The van der Waals surface area contributed by atoms with Crippen molar-refractivity contribution in [1.29, 1.82) is 0 Å². The van der Waals surface area contributed by atoms with Crippen LogP contribution in [0.2, 0.25) is 5.02 Å². The molecule has 0 bridgehead atoms. The number of thioether (sulfide) groups is 1. The van der Waals surface area contributed by atoms with E-state index in [-0.39, 0.29) is 5.69 Å². The van der Waals surface area contributed by atoms with Crippen molar-refractivity contribution in [2.75, 3.05) is 0 Å². The maximum Gasteiger partial charge on any atom is 0.269 e. The number of hydrogen-bond acceptors (Lipinski definition) is 3. The number of aryl methyl sites for hydroxylation is 2. The van der Waals surface area contributed by atoms with E-state index in [1.807, 2.05) is 0 Å². The highest BCUT2D eigenvalue weighted by molar-refractivity contribution is 7.98. The second-order valence-corrected chi connectivity index (χ2v) is 6.02. The molecule has 0 aromatic heterocycles. The topological polar surface area (TPSA) is 43.1 Å². The Morgan fingerprint density at radius 3 is 2.55 bits per heavy atom. The quantitative estimate of drug-likeness (QED) is 0.445. The first-order chi connectivity index (χ1) is 9.47. The molecule has 0 atom stereocenters. The van der Waals surface area contributed by atoms with Crippen molar-refractivity contribution in [1.82, 2.24) is 0 Å². The lowest BCUT2D eigenvalue weighted by Gasteiger charge is -2.06. The Balaban J connectivity index is 2.15. The third kappa shape index (κ3) is 3.52. The Hall–Kier alpha value is -1.52. The van der Waals surface area contributed by atoms with E-state index in [2.05, 4.69) is 32.0 Å². The molecule has 3 nitrogen and oxygen atoms in total. The third-order valence-corrected chi connectivity index (χ3v) is 4.52. The van der Waals surface area contributed by atoms with E-state index in [9.17, 15) is 10.1 Å². The van der Waals surface area contributed by atoms with Gasteiger partial charge in [0.25, 0.3) is 5.69 Å². The fraction of sp³-hybridized carbons (Fsp3) is 0.200. The number of nitrogens with zero attached hydrogens (tertiary/aromatic N) is 1. The molecule has 2 aromatic rings. The molecule has 0 N–H and O–H groups in total. The molecule has 0 aliphatic heterocycles. The first-order valence-electron chi connectivity index (χ1n) is 6.10. The van der Waals surface area contributed by atoms with Crippen LogP contribution in [0.1, 0.15) is 16.7 Å². The van der Waals surface area contributed by atoms with Gasteiger partial charge in [-0.1, -0.05) is 17.7 Å². The highest BCUT2D eigenvalue weighted by atomic mass is 35.5. The van der Waals surface area contributed by atoms with Crippen molar-refractivity contribution in [3.63, 3.8) is 0 Å². The number of non-ortho nitro benzene ring substituents is 1. The Bertz CT molecular complexity index is 658. The summed E-state index contributed by atoms with van der Waals surface area (Å²) in [5, 5.41) is 11.3. The molecule has 0 saturated carbocycles. The Morgan fingerprint density at radius 2 is 1.90 bits per heavy atom. The smallest absolute Gasteiger partial charge is 0.258 e. The van der Waals surface area contributed by atoms with E-state index in [1.54, 1.807) is 17.8 Å². The predicted octanol–water partition coefficient (Wildman–Crippen LogP) is 5.16. The van der Waals surface area contributed by atoms with Crippen molar-refractivity contribution >= 4 is 29.1 Å². The van der Waals surface area contributed by atoms with E-state index < -0.39 is 4.92 Å². The second kappa shape index (κ2) is 6.29. The van der Waals surface area contributed by atoms with E-state index in [4.69, 9.17) is 11.6 Å². The van der Waals surface area contributed by atoms with E-state index in [1.165, 1.54) is 23.3 Å². The molecule has 20 heavy (non-hydrogen) atoms. The largest absolute Gasteiger partial charge is 0.269 e. The first-order valence-corrected chi connectivity index (χ1v) is 7.46. The predicted molar refractivity (Wildman–Crippen MR) is 83.6 cm³/mol. The molecule has 0 spiro atoms. The van der Waals surface area contributed by atoms with Crippen LogP contribution < -0.4 is 0 Å². The van der Waals surface area contributed by atoms with Crippen molar-refractivity contribution in [2.45, 2.75) is 24.5 Å². The third-order valence-electron chi connectivity index (χ3n) is 3.11. The van der Waals surface area contributed by atoms with Gasteiger partial charge in [0.1, 0.15) is 0 Å². The average molecular weight is 308 g/mol. The van der Waals surface area contributed by atoms with Crippen molar-refractivity contribution < 1.29 is 4.92 Å². The number of nitro groups is 1. The minimum absolute atomic E-state index is 0.0742. The Kier molecular flexibility index (Phi) is 4.68. The van der Waals surface area contributed by atoms with Crippen LogP contribution in [0.15, 0.2) is 41.3 Å². The van der Waals surface area contributed by atoms with Crippen LogP contribution in [-0.2, 0) is 5.75 Å². The number of benzene rings is 2. The first kappa shape index (κ1) is 14.9. The summed E-state index contributed by atoms with van der Waals surface area (Å²) < 4.78 is 0. The van der Waals surface area contributed by atoms with E-state index in [0.29, 0.717) is 10.8 Å². The monoisotopic (exact) mass is 307 g/mol. The second-order valence-electron chi connectivity index (χ2n) is 4.57. The standard InChI is InChI=1S/C15H14ClNO2S/c1-10-3-5-14(7-11(10)2)20-9-12-8-13(17(18)19)4-6-15(12)16/h3-8H,9H2,1-2H3. The minimum atomic E-state index is -0.402. The number of rotatable bonds is 4. The molecule has 0 unspecified atom stereocenters. The zero-order valence-corrected chi connectivity index (χ0v) is 12.8. The van der Waals surface area contributed by atoms with Gasteiger partial charge in [0.15, 0.2) is 0 Å². The molecule has 0 fully saturated rings. The van der Waals surface area contributed by atoms with Gasteiger partial charge in [0.2, 0.25) is 0 Å². The van der Waals surface area contributed by atoms with E-state index in [0.717, 1.165) is 10.5 Å². The van der Waals surface area contributed by atoms with Gasteiger partial charge < -0.3 is 0 Å². The van der Waals surface area contributed by atoms with Crippen molar-refractivity contribution in [3.05, 3.63) is 68.2 Å². The van der Waals surface area contributed by atoms with Gasteiger partial charge in [-0.05, 0) is 48.7 Å². The van der Waals surface area contributed by atoms with Gasteiger partial charge in [0, 0.05) is 27.8 Å². The van der Waals surface area contributed by atoms with Gasteiger partial charge in [-0.2, -0.15) is 0 Å². The Labute approximate surface area is 127 Å². The summed E-state index contributed by atoms with van der Waals surface area (Å²) in [5.74, 6) is 0.614. The highest BCUT2D eigenvalue weighted by Gasteiger charge is 2.10. The molecule has 0 heterocycles. The summed E-state index contributed by atoms with van der Waals surface area (Å²) in [7, 11) is 0. The van der Waals surface area contributed by atoms with Crippen molar-refractivity contribution in [2.24, 2.45) is 0 Å². The number of halogens is 1. The molecule has 2 aromatic carbocycles. The number of hydrogen-bond donors (Lipinski definition) is 0. The molecule has 0 radical (unpaired) electrons. The summed E-state index contributed by atoms with van der Waals surface area (Å²) in [4.78, 5) is 11.5.